The Bertz CT molecular complexity index is 498. The first-order valence-electron chi connectivity index (χ1n) is 6.64. The number of hydrogen-bond acceptors (Lipinski definition) is 12. The zero-order valence-corrected chi connectivity index (χ0v) is 15.4. The Hall–Kier alpha value is -2.04. The minimum Gasteiger partial charge on any atom is -0.438 e. The van der Waals surface area contributed by atoms with E-state index in [9.17, 15) is 18.9 Å². The fourth-order valence-electron chi connectivity index (χ4n) is 1.61. The lowest BCUT2D eigenvalue weighted by Crippen LogP contribution is -2.42. The summed E-state index contributed by atoms with van der Waals surface area (Å²) < 4.78 is 50.0. The molecule has 0 amide bonds. The fraction of sp³-hybridized carbons (Fsp3) is 0.750. The Morgan fingerprint density at radius 3 is 1.72 bits per heavy atom. The highest BCUT2D eigenvalue weighted by atomic mass is 31.2. The Kier molecular flexibility index (Phi) is 9.87. The molecule has 0 spiro atoms. The minimum atomic E-state index is -4.21. The minimum absolute atomic E-state index is 0.437. The maximum atomic E-state index is 12.9. The largest absolute Gasteiger partial charge is 0.509 e. The van der Waals surface area contributed by atoms with Crippen molar-refractivity contribution in [3.63, 3.8) is 0 Å². The lowest BCUT2D eigenvalue weighted by molar-refractivity contribution is -0.0520. The van der Waals surface area contributed by atoms with Gasteiger partial charge in [-0.05, 0) is 0 Å². The molecule has 146 valence electrons. The highest BCUT2D eigenvalue weighted by molar-refractivity contribution is 7.55. The molecule has 0 aromatic carbocycles. The van der Waals surface area contributed by atoms with E-state index in [1.165, 1.54) is 0 Å². The molecule has 0 aliphatic heterocycles. The van der Waals surface area contributed by atoms with Crippen LogP contribution in [-0.4, -0.2) is 72.6 Å². The molecule has 0 rings (SSSR count). The van der Waals surface area contributed by atoms with Crippen molar-refractivity contribution < 1.29 is 56.4 Å². The van der Waals surface area contributed by atoms with Gasteiger partial charge in [0.25, 0.3) is 5.34 Å². The van der Waals surface area contributed by atoms with Gasteiger partial charge in [0, 0.05) is 20.6 Å². The molecule has 25 heavy (non-hydrogen) atoms. The third-order valence-electron chi connectivity index (χ3n) is 2.88. The smallest absolute Gasteiger partial charge is 0.438 e. The van der Waals surface area contributed by atoms with Crippen molar-refractivity contribution in [3.8, 4) is 0 Å². The van der Waals surface area contributed by atoms with Crippen LogP contribution in [0.1, 0.15) is 6.42 Å². The van der Waals surface area contributed by atoms with E-state index in [1.54, 1.807) is 0 Å². The fourth-order valence-corrected chi connectivity index (χ4v) is 3.20. The van der Waals surface area contributed by atoms with Gasteiger partial charge in [0.05, 0.1) is 27.9 Å². The van der Waals surface area contributed by atoms with E-state index in [-0.39, 0.29) is 0 Å². The lowest BCUT2D eigenvalue weighted by atomic mass is 10.2. The summed E-state index contributed by atoms with van der Waals surface area (Å²) in [6.07, 6.45) is -3.88. The summed E-state index contributed by atoms with van der Waals surface area (Å²) in [6.45, 7) is -1.23. The molecule has 0 aromatic rings. The normalized spacial score (nSPS) is 13.2. The average Bonchev–Trinajstić information content (AvgIpc) is 2.64. The van der Waals surface area contributed by atoms with Crippen LogP contribution in [0.2, 0.25) is 0 Å². The van der Waals surface area contributed by atoms with Crippen molar-refractivity contribution in [1.82, 2.24) is 0 Å². The van der Waals surface area contributed by atoms with Crippen LogP contribution < -0.4 is 0 Å². The van der Waals surface area contributed by atoms with Gasteiger partial charge in [0.2, 0.25) is 0 Å². The van der Waals surface area contributed by atoms with Crippen LogP contribution in [0.15, 0.2) is 0 Å². The highest BCUT2D eigenvalue weighted by Crippen LogP contribution is 2.61. The molecule has 0 saturated carbocycles. The Labute approximate surface area is 144 Å². The summed E-state index contributed by atoms with van der Waals surface area (Å²) in [5.41, 5.74) is 0. The second kappa shape index (κ2) is 10.7. The molecular formula is C12H21O12P. The van der Waals surface area contributed by atoms with Crippen LogP contribution in [0, 0.1) is 0 Å². The van der Waals surface area contributed by atoms with E-state index in [4.69, 9.17) is 18.5 Å². The van der Waals surface area contributed by atoms with Gasteiger partial charge in [-0.3, -0.25) is 4.57 Å². The molecule has 1 unspecified atom stereocenters. The van der Waals surface area contributed by atoms with Crippen molar-refractivity contribution in [2.45, 2.75) is 11.8 Å². The standard InChI is InChI=1S/C12H21O12P/c1-17-9(13)22-7-6-12(24-11(15)19-3,8-23-10(14)18-2)25(16,20-4)21-5/h6-8H2,1-5H3. The number of rotatable bonds is 9. The van der Waals surface area contributed by atoms with Crippen LogP contribution in [0.5, 0.6) is 0 Å². The highest BCUT2D eigenvalue weighted by Gasteiger charge is 2.56. The summed E-state index contributed by atoms with van der Waals surface area (Å²) in [5.74, 6) is 0. The molecule has 0 aliphatic carbocycles. The van der Waals surface area contributed by atoms with Gasteiger partial charge in [0.1, 0.15) is 6.61 Å². The van der Waals surface area contributed by atoms with Gasteiger partial charge in [-0.2, -0.15) is 0 Å². The number of carbonyl (C=O) groups is 3. The summed E-state index contributed by atoms with van der Waals surface area (Å²) in [4.78, 5) is 33.9. The van der Waals surface area contributed by atoms with Crippen LogP contribution in [-0.2, 0) is 42.0 Å². The molecule has 0 saturated heterocycles. The third kappa shape index (κ3) is 6.40. The molecule has 12 nitrogen and oxygen atoms in total. The van der Waals surface area contributed by atoms with Gasteiger partial charge < -0.3 is 37.5 Å². The van der Waals surface area contributed by atoms with Crippen molar-refractivity contribution in [2.75, 3.05) is 48.8 Å². The third-order valence-corrected chi connectivity index (χ3v) is 5.28. The van der Waals surface area contributed by atoms with Gasteiger partial charge in [-0.15, -0.1) is 0 Å². The molecule has 0 bridgehead atoms. The molecule has 0 aromatic heterocycles. The van der Waals surface area contributed by atoms with E-state index < -0.39 is 51.0 Å². The van der Waals surface area contributed by atoms with Crippen molar-refractivity contribution in [1.29, 1.82) is 0 Å². The van der Waals surface area contributed by atoms with E-state index in [2.05, 4.69) is 18.9 Å². The zero-order chi connectivity index (χ0) is 19.5. The Morgan fingerprint density at radius 2 is 1.28 bits per heavy atom. The van der Waals surface area contributed by atoms with E-state index in [0.717, 1.165) is 35.5 Å². The van der Waals surface area contributed by atoms with Crippen LogP contribution >= 0.6 is 7.60 Å². The van der Waals surface area contributed by atoms with Crippen LogP contribution in [0.25, 0.3) is 0 Å². The Morgan fingerprint density at radius 1 is 0.800 bits per heavy atom. The molecular weight excluding hydrogens is 367 g/mol. The SMILES string of the molecule is COC(=O)OCCC(COC(=O)OC)(OC(=O)OC)P(=O)(OC)OC. The summed E-state index contributed by atoms with van der Waals surface area (Å²) in [7, 11) is 0.964. The van der Waals surface area contributed by atoms with Crippen molar-refractivity contribution in [2.24, 2.45) is 0 Å². The van der Waals surface area contributed by atoms with E-state index in [0.29, 0.717) is 0 Å². The van der Waals surface area contributed by atoms with Gasteiger partial charge in [0.15, 0.2) is 0 Å². The van der Waals surface area contributed by atoms with E-state index in [1.807, 2.05) is 0 Å². The molecule has 0 aliphatic rings. The molecule has 0 N–H and O–H groups in total. The Balaban J connectivity index is 5.67. The van der Waals surface area contributed by atoms with Crippen LogP contribution in [0.3, 0.4) is 0 Å². The molecule has 0 radical (unpaired) electrons. The first kappa shape index (κ1) is 23.0. The zero-order valence-electron chi connectivity index (χ0n) is 14.5. The molecule has 1 atom stereocenters. The first-order valence-corrected chi connectivity index (χ1v) is 8.18. The average molecular weight is 388 g/mol. The second-order valence-electron chi connectivity index (χ2n) is 4.16. The molecule has 0 fully saturated rings. The van der Waals surface area contributed by atoms with Crippen molar-refractivity contribution in [3.05, 3.63) is 0 Å². The maximum Gasteiger partial charge on any atom is 0.509 e. The monoisotopic (exact) mass is 388 g/mol. The topological polar surface area (TPSA) is 142 Å². The van der Waals surface area contributed by atoms with Crippen molar-refractivity contribution >= 4 is 26.1 Å². The van der Waals surface area contributed by atoms with E-state index >= 15 is 0 Å². The predicted octanol–water partition coefficient (Wildman–Crippen LogP) is 1.91. The molecule has 0 heterocycles. The number of methoxy groups -OCH3 is 3. The number of ether oxygens (including phenoxy) is 6. The lowest BCUT2D eigenvalue weighted by Gasteiger charge is -2.35. The maximum absolute atomic E-state index is 12.9. The quantitative estimate of drug-likeness (QED) is 0.323. The molecule has 13 heteroatoms. The number of carbonyl (C=O) groups excluding carboxylic acids is 3. The second-order valence-corrected chi connectivity index (χ2v) is 6.70. The number of hydrogen-bond donors (Lipinski definition) is 0. The van der Waals surface area contributed by atoms with Gasteiger partial charge in [-0.25, -0.2) is 14.4 Å². The van der Waals surface area contributed by atoms with Gasteiger partial charge >= 0.3 is 26.1 Å². The predicted molar refractivity (Wildman–Crippen MR) is 79.2 cm³/mol. The summed E-state index contributed by atoms with van der Waals surface area (Å²) in [5, 5.41) is -2.17. The summed E-state index contributed by atoms with van der Waals surface area (Å²) >= 11 is 0. The summed E-state index contributed by atoms with van der Waals surface area (Å²) in [6, 6.07) is 0. The first-order chi connectivity index (χ1) is 11.7. The van der Waals surface area contributed by atoms with Crippen LogP contribution in [0.4, 0.5) is 14.4 Å². The van der Waals surface area contributed by atoms with Gasteiger partial charge in [-0.1, -0.05) is 0 Å².